The van der Waals surface area contributed by atoms with E-state index in [0.717, 1.165) is 54.0 Å². The molecule has 2 fully saturated rings. The molecule has 2 aliphatic rings. The van der Waals surface area contributed by atoms with Gasteiger partial charge in [-0.3, -0.25) is 4.79 Å². The number of benzene rings is 1. The third-order valence-electron chi connectivity index (χ3n) is 5.64. The summed E-state index contributed by atoms with van der Waals surface area (Å²) < 4.78 is 0. The maximum absolute atomic E-state index is 12.5. The molecule has 2 aromatic heterocycles. The van der Waals surface area contributed by atoms with Gasteiger partial charge in [-0.25, -0.2) is 0 Å². The Bertz CT molecular complexity index is 986. The number of aromatic nitrogens is 3. The molecule has 5 rings (SSSR count). The van der Waals surface area contributed by atoms with Crippen LogP contribution < -0.4 is 10.6 Å². The molecule has 1 aliphatic heterocycles. The van der Waals surface area contributed by atoms with Crippen LogP contribution in [0.15, 0.2) is 36.5 Å². The quantitative estimate of drug-likeness (QED) is 0.629. The number of anilines is 3. The van der Waals surface area contributed by atoms with Crippen molar-refractivity contribution in [1.29, 1.82) is 0 Å². The molecular weight excluding hydrogens is 352 g/mol. The minimum atomic E-state index is 0.111. The summed E-state index contributed by atoms with van der Waals surface area (Å²) in [5.74, 6) is 1.51. The fraction of sp³-hybridized carbons (Fsp3) is 0.381. The molecule has 1 aromatic carbocycles. The van der Waals surface area contributed by atoms with Gasteiger partial charge in [0.1, 0.15) is 11.5 Å². The summed E-state index contributed by atoms with van der Waals surface area (Å²) in [5.41, 5.74) is 2.39. The monoisotopic (exact) mass is 376 g/mol. The molecule has 7 nitrogen and oxygen atoms in total. The van der Waals surface area contributed by atoms with Crippen LogP contribution in [0.5, 0.6) is 0 Å². The van der Waals surface area contributed by atoms with Crippen LogP contribution in [0.2, 0.25) is 0 Å². The number of aromatic amines is 1. The lowest BCUT2D eigenvalue weighted by atomic mass is 9.93. The average molecular weight is 376 g/mol. The first kappa shape index (κ1) is 17.0. The van der Waals surface area contributed by atoms with Crippen LogP contribution in [0.1, 0.15) is 42.5 Å². The van der Waals surface area contributed by atoms with Gasteiger partial charge in [0.25, 0.3) is 5.91 Å². The summed E-state index contributed by atoms with van der Waals surface area (Å²) in [6.07, 6.45) is 7.72. The van der Waals surface area contributed by atoms with Crippen molar-refractivity contribution in [1.82, 2.24) is 19.9 Å². The van der Waals surface area contributed by atoms with Crippen LogP contribution in [0.25, 0.3) is 11.0 Å². The Morgan fingerprint density at radius 2 is 1.82 bits per heavy atom. The third-order valence-corrected chi connectivity index (χ3v) is 5.64. The fourth-order valence-corrected chi connectivity index (χ4v) is 3.78. The average Bonchev–Trinajstić information content (AvgIpc) is 3.36. The van der Waals surface area contributed by atoms with E-state index < -0.39 is 0 Å². The Hall–Kier alpha value is -3.09. The van der Waals surface area contributed by atoms with Crippen LogP contribution in [-0.4, -0.2) is 44.9 Å². The molecule has 28 heavy (non-hydrogen) atoms. The van der Waals surface area contributed by atoms with E-state index in [2.05, 4.69) is 25.6 Å². The molecule has 0 bridgehead atoms. The van der Waals surface area contributed by atoms with E-state index in [1.54, 1.807) is 0 Å². The normalized spacial score (nSPS) is 16.9. The van der Waals surface area contributed by atoms with Gasteiger partial charge in [-0.2, -0.15) is 9.97 Å². The van der Waals surface area contributed by atoms with Gasteiger partial charge in [0.15, 0.2) is 0 Å². The van der Waals surface area contributed by atoms with Gasteiger partial charge in [0.2, 0.25) is 5.95 Å². The minimum absolute atomic E-state index is 0.111. The first-order valence-electron chi connectivity index (χ1n) is 10.0. The lowest BCUT2D eigenvalue weighted by molar-refractivity contribution is 0.0793. The van der Waals surface area contributed by atoms with Crippen LogP contribution in [0.3, 0.4) is 0 Å². The number of hydrogen-bond donors (Lipinski definition) is 3. The lowest BCUT2D eigenvalue weighted by Gasteiger charge is -2.27. The third kappa shape index (κ3) is 3.28. The second kappa shape index (κ2) is 7.14. The molecule has 1 saturated heterocycles. The van der Waals surface area contributed by atoms with Crippen LogP contribution in [0, 0.1) is 0 Å². The van der Waals surface area contributed by atoms with E-state index in [0.29, 0.717) is 12.0 Å². The van der Waals surface area contributed by atoms with Crippen LogP contribution >= 0.6 is 0 Å². The lowest BCUT2D eigenvalue weighted by Crippen LogP contribution is -2.27. The molecule has 3 N–H and O–H groups in total. The molecule has 1 amide bonds. The molecule has 0 unspecified atom stereocenters. The first-order valence-corrected chi connectivity index (χ1v) is 10.0. The largest absolute Gasteiger partial charge is 0.367 e. The number of amides is 1. The maximum Gasteiger partial charge on any atom is 0.253 e. The number of hydrogen-bond acceptors (Lipinski definition) is 5. The van der Waals surface area contributed by atoms with E-state index in [1.165, 1.54) is 19.3 Å². The zero-order valence-corrected chi connectivity index (χ0v) is 15.7. The van der Waals surface area contributed by atoms with Crippen LogP contribution in [-0.2, 0) is 0 Å². The van der Waals surface area contributed by atoms with Gasteiger partial charge in [-0.05, 0) is 62.4 Å². The highest BCUT2D eigenvalue weighted by atomic mass is 16.2. The number of likely N-dealkylation sites (tertiary alicyclic amines) is 1. The summed E-state index contributed by atoms with van der Waals surface area (Å²) in [6, 6.07) is 10.0. The van der Waals surface area contributed by atoms with Gasteiger partial charge in [0, 0.05) is 36.6 Å². The molecule has 1 saturated carbocycles. The van der Waals surface area contributed by atoms with Crippen molar-refractivity contribution >= 4 is 34.4 Å². The molecule has 3 aromatic rings. The number of carbonyl (C=O) groups is 1. The summed E-state index contributed by atoms with van der Waals surface area (Å²) >= 11 is 0. The Kier molecular flexibility index (Phi) is 4.35. The summed E-state index contributed by atoms with van der Waals surface area (Å²) in [7, 11) is 0. The maximum atomic E-state index is 12.5. The van der Waals surface area contributed by atoms with E-state index in [1.807, 2.05) is 41.4 Å². The minimum Gasteiger partial charge on any atom is -0.367 e. The van der Waals surface area contributed by atoms with Gasteiger partial charge in [-0.1, -0.05) is 0 Å². The fourth-order valence-electron chi connectivity index (χ4n) is 3.78. The number of rotatable bonds is 5. The number of fused-ring (bicyclic) bond motifs is 1. The molecule has 144 valence electrons. The number of nitrogens with one attached hydrogen (secondary N) is 3. The smallest absolute Gasteiger partial charge is 0.253 e. The zero-order chi connectivity index (χ0) is 18.9. The van der Waals surface area contributed by atoms with Crippen LogP contribution in [0.4, 0.5) is 17.5 Å². The zero-order valence-electron chi connectivity index (χ0n) is 15.7. The highest BCUT2D eigenvalue weighted by molar-refractivity contribution is 5.95. The van der Waals surface area contributed by atoms with Crippen molar-refractivity contribution in [3.05, 3.63) is 42.1 Å². The second-order valence-corrected chi connectivity index (χ2v) is 7.61. The summed E-state index contributed by atoms with van der Waals surface area (Å²) in [6.45, 7) is 1.72. The number of H-pyrrole nitrogens is 1. The summed E-state index contributed by atoms with van der Waals surface area (Å²) in [5, 5.41) is 7.80. The Morgan fingerprint density at radius 3 is 2.54 bits per heavy atom. The van der Waals surface area contributed by atoms with Gasteiger partial charge >= 0.3 is 0 Å². The molecular formula is C21H24N6O. The standard InChI is InChI=1S/C21H24N6O/c28-20(27-12-1-2-13-27)14-6-8-16(9-7-14)24-21-25-18-17(10-11-22-18)19(26-21)23-15-4-3-5-15/h6-11,15H,1-5,12-13H2,(H3,22,23,24,25,26). The topological polar surface area (TPSA) is 85.9 Å². The second-order valence-electron chi connectivity index (χ2n) is 7.61. The first-order chi connectivity index (χ1) is 13.8. The van der Waals surface area contributed by atoms with Gasteiger partial charge < -0.3 is 20.5 Å². The van der Waals surface area contributed by atoms with Crippen molar-refractivity contribution in [3.8, 4) is 0 Å². The highest BCUT2D eigenvalue weighted by Gasteiger charge is 2.20. The highest BCUT2D eigenvalue weighted by Crippen LogP contribution is 2.28. The predicted octanol–water partition coefficient (Wildman–Crippen LogP) is 3.90. The molecule has 3 heterocycles. The SMILES string of the molecule is O=C(c1ccc(Nc2nc(NC3CCC3)c3cc[nH]c3n2)cc1)N1CCCC1. The molecule has 7 heteroatoms. The molecule has 0 atom stereocenters. The van der Waals surface area contributed by atoms with E-state index in [9.17, 15) is 4.79 Å². The summed E-state index contributed by atoms with van der Waals surface area (Å²) in [4.78, 5) is 26.8. The number of nitrogens with zero attached hydrogens (tertiary/aromatic N) is 3. The Balaban J connectivity index is 1.35. The molecule has 0 radical (unpaired) electrons. The van der Waals surface area contributed by atoms with E-state index in [-0.39, 0.29) is 5.91 Å². The molecule has 0 spiro atoms. The Morgan fingerprint density at radius 1 is 1.04 bits per heavy atom. The van der Waals surface area contributed by atoms with Crippen molar-refractivity contribution in [2.75, 3.05) is 23.7 Å². The van der Waals surface area contributed by atoms with Crippen molar-refractivity contribution in [2.45, 2.75) is 38.1 Å². The van der Waals surface area contributed by atoms with Crippen molar-refractivity contribution in [3.63, 3.8) is 0 Å². The Labute approximate surface area is 163 Å². The number of carbonyl (C=O) groups excluding carboxylic acids is 1. The van der Waals surface area contributed by atoms with Gasteiger partial charge in [-0.15, -0.1) is 0 Å². The van der Waals surface area contributed by atoms with E-state index in [4.69, 9.17) is 0 Å². The van der Waals surface area contributed by atoms with Gasteiger partial charge in [0.05, 0.1) is 5.39 Å². The van der Waals surface area contributed by atoms with Crippen molar-refractivity contribution < 1.29 is 4.79 Å². The van der Waals surface area contributed by atoms with E-state index >= 15 is 0 Å². The predicted molar refractivity (Wildman–Crippen MR) is 110 cm³/mol. The molecule has 1 aliphatic carbocycles. The van der Waals surface area contributed by atoms with Crippen molar-refractivity contribution in [2.24, 2.45) is 0 Å².